The molecule has 0 aliphatic heterocycles. The number of sulfonamides is 1. The van der Waals surface area contributed by atoms with Crippen LogP contribution in [0.15, 0.2) is 41.4 Å². The zero-order valence-corrected chi connectivity index (χ0v) is 19.9. The van der Waals surface area contributed by atoms with Crippen molar-refractivity contribution in [1.29, 1.82) is 0 Å². The van der Waals surface area contributed by atoms with E-state index in [0.29, 0.717) is 22.1 Å². The summed E-state index contributed by atoms with van der Waals surface area (Å²) in [5.74, 6) is 0.0757. The lowest BCUT2D eigenvalue weighted by molar-refractivity contribution is -0.119. The summed E-state index contributed by atoms with van der Waals surface area (Å²) in [7, 11) is -3.81. The summed E-state index contributed by atoms with van der Waals surface area (Å²) in [5.41, 5.74) is 3.18. The molecule has 0 bridgehead atoms. The first-order chi connectivity index (χ1) is 15.2. The molecular weight excluding hydrogens is 444 g/mol. The molecule has 9 heteroatoms. The van der Waals surface area contributed by atoms with Gasteiger partial charge >= 0.3 is 0 Å². The molecule has 3 aromatic rings. The van der Waals surface area contributed by atoms with Gasteiger partial charge in [-0.05, 0) is 62.9 Å². The van der Waals surface area contributed by atoms with E-state index in [1.807, 2.05) is 13.0 Å². The van der Waals surface area contributed by atoms with Gasteiger partial charge in [-0.1, -0.05) is 36.3 Å². The van der Waals surface area contributed by atoms with Crippen molar-refractivity contribution in [2.45, 2.75) is 51.3 Å². The topological polar surface area (TPSA) is 101 Å². The molecule has 7 nitrogen and oxygen atoms in total. The minimum atomic E-state index is -3.81. The number of nitrogens with one attached hydrogen (secondary N) is 2. The predicted molar refractivity (Wildman–Crippen MR) is 127 cm³/mol. The number of carbonyl (C=O) groups excluding carboxylic acids is 1. The molecule has 0 radical (unpaired) electrons. The number of anilines is 2. The summed E-state index contributed by atoms with van der Waals surface area (Å²) in [6.45, 7) is 5.38. The zero-order valence-electron chi connectivity index (χ0n) is 18.3. The van der Waals surface area contributed by atoms with Crippen molar-refractivity contribution < 1.29 is 13.2 Å². The highest BCUT2D eigenvalue weighted by atomic mass is 32.2. The van der Waals surface area contributed by atoms with E-state index in [1.165, 1.54) is 11.3 Å². The SMILES string of the molecule is Cc1ccc(-c2sc(NC(=O)C3CCCC3)nc2C)cc1S(=O)(=O)Nc1cccnc1C. The lowest BCUT2D eigenvalue weighted by Crippen LogP contribution is -2.20. The largest absolute Gasteiger partial charge is 0.302 e. The molecule has 0 unspecified atom stereocenters. The van der Waals surface area contributed by atoms with Gasteiger partial charge in [0.2, 0.25) is 5.91 Å². The van der Waals surface area contributed by atoms with Gasteiger partial charge in [0.25, 0.3) is 10.0 Å². The van der Waals surface area contributed by atoms with Crippen LogP contribution in [-0.2, 0) is 14.8 Å². The van der Waals surface area contributed by atoms with Crippen molar-refractivity contribution in [3.63, 3.8) is 0 Å². The second-order valence-corrected chi connectivity index (χ2v) is 10.8. The quantitative estimate of drug-likeness (QED) is 0.524. The van der Waals surface area contributed by atoms with Gasteiger partial charge in [0.05, 0.1) is 26.8 Å². The van der Waals surface area contributed by atoms with Crippen LogP contribution in [0.2, 0.25) is 0 Å². The molecule has 4 rings (SSSR count). The lowest BCUT2D eigenvalue weighted by atomic mass is 10.1. The number of rotatable bonds is 6. The van der Waals surface area contributed by atoms with Crippen LogP contribution in [0.4, 0.5) is 10.8 Å². The average Bonchev–Trinajstić information content (AvgIpc) is 3.40. The Kier molecular flexibility index (Phi) is 6.30. The van der Waals surface area contributed by atoms with Crippen molar-refractivity contribution in [2.24, 2.45) is 5.92 Å². The van der Waals surface area contributed by atoms with E-state index in [2.05, 4.69) is 20.0 Å². The number of amides is 1. The van der Waals surface area contributed by atoms with Crippen LogP contribution < -0.4 is 10.0 Å². The first kappa shape index (κ1) is 22.4. The maximum Gasteiger partial charge on any atom is 0.262 e. The highest BCUT2D eigenvalue weighted by Crippen LogP contribution is 2.36. The number of hydrogen-bond acceptors (Lipinski definition) is 6. The minimum Gasteiger partial charge on any atom is -0.302 e. The van der Waals surface area contributed by atoms with E-state index in [-0.39, 0.29) is 16.7 Å². The van der Waals surface area contributed by atoms with Gasteiger partial charge in [0.15, 0.2) is 5.13 Å². The van der Waals surface area contributed by atoms with Crippen LogP contribution >= 0.6 is 11.3 Å². The number of aryl methyl sites for hydroxylation is 3. The van der Waals surface area contributed by atoms with Crippen LogP contribution in [0, 0.1) is 26.7 Å². The van der Waals surface area contributed by atoms with E-state index in [0.717, 1.165) is 41.8 Å². The highest BCUT2D eigenvalue weighted by Gasteiger charge is 2.24. The first-order valence-corrected chi connectivity index (χ1v) is 12.9. The molecule has 1 amide bonds. The number of thiazole rings is 1. The molecule has 2 N–H and O–H groups in total. The van der Waals surface area contributed by atoms with Crippen LogP contribution in [0.3, 0.4) is 0 Å². The highest BCUT2D eigenvalue weighted by molar-refractivity contribution is 7.92. The van der Waals surface area contributed by atoms with Gasteiger partial charge in [-0.25, -0.2) is 13.4 Å². The molecule has 1 aliphatic carbocycles. The fourth-order valence-corrected chi connectivity index (χ4v) is 6.29. The third-order valence-corrected chi connectivity index (χ3v) is 8.37. The van der Waals surface area contributed by atoms with Crippen LogP contribution in [0.1, 0.15) is 42.6 Å². The van der Waals surface area contributed by atoms with Gasteiger partial charge in [-0.15, -0.1) is 0 Å². The monoisotopic (exact) mass is 470 g/mol. The second-order valence-electron chi connectivity index (χ2n) is 8.13. The lowest BCUT2D eigenvalue weighted by Gasteiger charge is -2.13. The number of benzene rings is 1. The van der Waals surface area contributed by atoms with Crippen LogP contribution in [0.25, 0.3) is 10.4 Å². The minimum absolute atomic E-state index is 0.0195. The fraction of sp³-hybridized carbons (Fsp3) is 0.348. The van der Waals surface area contributed by atoms with Gasteiger partial charge in [0.1, 0.15) is 0 Å². The molecule has 0 atom stereocenters. The van der Waals surface area contributed by atoms with E-state index in [9.17, 15) is 13.2 Å². The van der Waals surface area contributed by atoms with Crippen molar-refractivity contribution >= 4 is 38.1 Å². The summed E-state index contributed by atoms with van der Waals surface area (Å²) in [6.07, 6.45) is 5.65. The van der Waals surface area contributed by atoms with E-state index in [1.54, 1.807) is 44.3 Å². The smallest absolute Gasteiger partial charge is 0.262 e. The molecule has 0 saturated heterocycles. The summed E-state index contributed by atoms with van der Waals surface area (Å²) in [5, 5.41) is 3.49. The molecule has 1 saturated carbocycles. The molecule has 2 heterocycles. The Hall–Kier alpha value is -2.78. The Bertz CT molecular complexity index is 1260. The molecule has 32 heavy (non-hydrogen) atoms. The number of aromatic nitrogens is 2. The van der Waals surface area contributed by atoms with Crippen LogP contribution in [0.5, 0.6) is 0 Å². The van der Waals surface area contributed by atoms with E-state index in [4.69, 9.17) is 0 Å². The number of hydrogen-bond donors (Lipinski definition) is 2. The number of nitrogens with zero attached hydrogens (tertiary/aromatic N) is 2. The summed E-state index contributed by atoms with van der Waals surface area (Å²) < 4.78 is 28.9. The standard InChI is InChI=1S/C23H26N4O3S2/c1-14-10-11-18(13-20(14)32(29,30)27-19-9-6-12-24-15(19)2)21-16(3)25-23(31-21)26-22(28)17-7-4-5-8-17/h6,9-13,17,27H,4-5,7-8H2,1-3H3,(H,25,26,28). The average molecular weight is 471 g/mol. The van der Waals surface area contributed by atoms with Crippen molar-refractivity contribution in [3.05, 3.63) is 53.5 Å². The fourth-order valence-electron chi connectivity index (χ4n) is 3.94. The van der Waals surface area contributed by atoms with Crippen molar-refractivity contribution in [1.82, 2.24) is 9.97 Å². The Balaban J connectivity index is 1.62. The Morgan fingerprint density at radius 1 is 1.09 bits per heavy atom. The molecule has 1 aliphatic rings. The van der Waals surface area contributed by atoms with Crippen molar-refractivity contribution in [3.8, 4) is 10.4 Å². The molecule has 1 fully saturated rings. The molecule has 1 aromatic carbocycles. The Morgan fingerprint density at radius 2 is 1.84 bits per heavy atom. The molecule has 0 spiro atoms. The van der Waals surface area contributed by atoms with Crippen molar-refractivity contribution in [2.75, 3.05) is 10.0 Å². The third-order valence-electron chi connectivity index (χ3n) is 5.74. The van der Waals surface area contributed by atoms with E-state index >= 15 is 0 Å². The number of carbonyl (C=O) groups is 1. The van der Waals surface area contributed by atoms with Gasteiger partial charge in [-0.3, -0.25) is 14.5 Å². The molecular formula is C23H26N4O3S2. The molecule has 168 valence electrons. The Morgan fingerprint density at radius 3 is 2.56 bits per heavy atom. The molecule has 2 aromatic heterocycles. The second kappa shape index (κ2) is 8.99. The number of pyridine rings is 1. The zero-order chi connectivity index (χ0) is 22.9. The third kappa shape index (κ3) is 4.68. The summed E-state index contributed by atoms with van der Waals surface area (Å²) in [4.78, 5) is 22.1. The normalized spacial score (nSPS) is 14.5. The van der Waals surface area contributed by atoms with Gasteiger partial charge < -0.3 is 5.32 Å². The summed E-state index contributed by atoms with van der Waals surface area (Å²) in [6, 6.07) is 8.71. The summed E-state index contributed by atoms with van der Waals surface area (Å²) >= 11 is 1.36. The van der Waals surface area contributed by atoms with Gasteiger partial charge in [-0.2, -0.15) is 0 Å². The van der Waals surface area contributed by atoms with Gasteiger partial charge in [0, 0.05) is 12.1 Å². The van der Waals surface area contributed by atoms with E-state index < -0.39 is 10.0 Å². The predicted octanol–water partition coefficient (Wildman–Crippen LogP) is 5.06. The first-order valence-electron chi connectivity index (χ1n) is 10.6. The van der Waals surface area contributed by atoms with Crippen LogP contribution in [-0.4, -0.2) is 24.3 Å². The maximum atomic E-state index is 13.1. The Labute approximate surface area is 192 Å². The maximum absolute atomic E-state index is 13.1.